The zero-order chi connectivity index (χ0) is 76.7. The summed E-state index contributed by atoms with van der Waals surface area (Å²) >= 11 is 0. The number of amides is 1. The van der Waals surface area contributed by atoms with Crippen molar-refractivity contribution in [2.75, 3.05) is 26.4 Å². The van der Waals surface area contributed by atoms with E-state index in [-0.39, 0.29) is 18.9 Å². The van der Waals surface area contributed by atoms with Gasteiger partial charge in [0.25, 0.3) is 0 Å². The Morgan fingerprint density at radius 1 is 0.349 bits per heavy atom. The van der Waals surface area contributed by atoms with Crippen LogP contribution in [0.3, 0.4) is 0 Å². The minimum atomic E-state index is -1.99. The Morgan fingerprint density at radius 3 is 1.06 bits per heavy atom. The van der Waals surface area contributed by atoms with E-state index in [0.29, 0.717) is 12.8 Å². The van der Waals surface area contributed by atoms with Gasteiger partial charge in [0.1, 0.15) is 73.2 Å². The van der Waals surface area contributed by atoms with E-state index in [4.69, 9.17) is 28.4 Å². The summed E-state index contributed by atoms with van der Waals surface area (Å²) in [6.07, 6.45) is 64.1. The molecule has 0 aromatic heterocycles. The van der Waals surface area contributed by atoms with Crippen molar-refractivity contribution >= 4 is 5.91 Å². The minimum Gasteiger partial charge on any atom is -0.394 e. The third-order valence-corrected chi connectivity index (χ3v) is 20.6. The van der Waals surface area contributed by atoms with Gasteiger partial charge in [0.2, 0.25) is 5.91 Å². The molecule has 614 valence electrons. The zero-order valence-corrected chi connectivity index (χ0v) is 65.9. The van der Waals surface area contributed by atoms with Crippen molar-refractivity contribution in [3.8, 4) is 0 Å². The van der Waals surface area contributed by atoms with Gasteiger partial charge in [-0.3, -0.25) is 4.79 Å². The summed E-state index contributed by atoms with van der Waals surface area (Å²) in [5.41, 5.74) is 0. The molecule has 106 heavy (non-hydrogen) atoms. The molecule has 0 aromatic rings. The highest BCUT2D eigenvalue weighted by atomic mass is 16.8. The maximum absolute atomic E-state index is 13.5. The molecule has 3 heterocycles. The highest BCUT2D eigenvalue weighted by Crippen LogP contribution is 2.33. The van der Waals surface area contributed by atoms with E-state index in [2.05, 4.69) is 104 Å². The third kappa shape index (κ3) is 45.3. The Morgan fingerprint density at radius 2 is 0.660 bits per heavy atom. The number of hydrogen-bond donors (Lipinski definition) is 12. The molecule has 17 unspecified atom stereocenters. The predicted octanol–water partition coefficient (Wildman–Crippen LogP) is 15.1. The van der Waals surface area contributed by atoms with E-state index in [1.807, 2.05) is 6.08 Å². The molecule has 0 saturated carbocycles. The molecule has 3 saturated heterocycles. The molecule has 3 aliphatic heterocycles. The molecule has 0 bridgehead atoms. The van der Waals surface area contributed by atoms with Gasteiger partial charge in [-0.1, -0.05) is 317 Å². The molecule has 19 heteroatoms. The number of carbonyl (C=O) groups is 1. The van der Waals surface area contributed by atoms with E-state index in [1.165, 1.54) is 205 Å². The van der Waals surface area contributed by atoms with Gasteiger partial charge >= 0.3 is 0 Å². The second-order valence-electron chi connectivity index (χ2n) is 29.9. The number of unbranched alkanes of at least 4 members (excludes halogenated alkanes) is 37. The smallest absolute Gasteiger partial charge is 0.220 e. The molecule has 12 N–H and O–H groups in total. The number of allylic oxidation sites excluding steroid dienone is 15. The first-order valence-electron chi connectivity index (χ1n) is 42.5. The molecule has 0 radical (unpaired) electrons. The molecule has 17 atom stereocenters. The molecule has 3 fully saturated rings. The fourth-order valence-electron chi connectivity index (χ4n) is 13.8. The van der Waals surface area contributed by atoms with Crippen molar-refractivity contribution in [1.29, 1.82) is 0 Å². The summed E-state index contributed by atoms with van der Waals surface area (Å²) in [5, 5.41) is 121. The SMILES string of the molecule is CC/C=C\C/C=C\C/C=C\C/C=C\C/C=C\CCCCCCCCCCCCCCCCCCCCCCCC(=O)NC(COC1OC(CO)C(OC2OC(CO)C(OC3OC(CO)C(O)C(O)C3O)C(O)C2O)C(O)C1O)C(O)/C=C/CC/C=C/CC/C=C/CCCCCCCCCCCCCCCC. The van der Waals surface area contributed by atoms with E-state index >= 15 is 0 Å². The maximum Gasteiger partial charge on any atom is 0.220 e. The standard InChI is InChI=1S/C87H153NO18/c1-3-5-7-9-11-13-15-17-19-21-23-25-27-29-30-31-32-33-34-35-36-37-38-39-40-41-43-45-47-49-51-53-55-57-59-61-63-65-75(93)88-70(71(92)64-62-60-58-56-54-52-50-48-46-44-42-28-26-24-22-20-18-16-14-12-10-8-6-4-2)69-101-85-81(99)78(96)83(73(67-90)103-85)106-87-82(100)79(97)84(74(68-91)104-87)105-86-80(98)77(95)76(94)72(66-89)102-86/h5,7,11,13,17,19,23,25,29-30,46,48,54,56,62,64,70-74,76-87,89-92,94-100H,3-4,6,8-10,12,14-16,18,20-22,24,26-28,31-45,47,49-53,55,57-61,63,65-69H2,1-2H3,(H,88,93)/b7-5-,13-11-,19-17-,25-23-,30-29-,48-46+,56-54+,64-62+. The average molecular weight is 1500 g/mol. The van der Waals surface area contributed by atoms with Crippen LogP contribution in [-0.2, 0) is 33.2 Å². The molecular weight excluding hydrogens is 1350 g/mol. The largest absolute Gasteiger partial charge is 0.394 e. The van der Waals surface area contributed by atoms with Crippen molar-refractivity contribution in [3.63, 3.8) is 0 Å². The van der Waals surface area contributed by atoms with Crippen LogP contribution in [0.15, 0.2) is 97.2 Å². The van der Waals surface area contributed by atoms with Gasteiger partial charge in [0, 0.05) is 6.42 Å². The Labute approximate surface area is 641 Å². The predicted molar refractivity (Wildman–Crippen MR) is 424 cm³/mol. The van der Waals surface area contributed by atoms with Crippen LogP contribution in [0.4, 0.5) is 0 Å². The van der Waals surface area contributed by atoms with Gasteiger partial charge in [0.05, 0.1) is 38.6 Å². The first-order chi connectivity index (χ1) is 51.8. The summed E-state index contributed by atoms with van der Waals surface area (Å²) in [6.45, 7) is 1.63. The highest BCUT2D eigenvalue weighted by Gasteiger charge is 2.54. The fourth-order valence-corrected chi connectivity index (χ4v) is 13.8. The number of carbonyl (C=O) groups excluding carboxylic acids is 1. The number of aliphatic hydroxyl groups is 11. The lowest BCUT2D eigenvalue weighted by Gasteiger charge is -2.48. The van der Waals surface area contributed by atoms with Crippen LogP contribution < -0.4 is 5.32 Å². The van der Waals surface area contributed by atoms with Gasteiger partial charge in [0.15, 0.2) is 18.9 Å². The van der Waals surface area contributed by atoms with Crippen molar-refractivity contribution < 1.29 is 89.4 Å². The molecule has 19 nitrogen and oxygen atoms in total. The van der Waals surface area contributed by atoms with Crippen LogP contribution in [0, 0.1) is 0 Å². The Balaban J connectivity index is 1.34. The van der Waals surface area contributed by atoms with E-state index in [1.54, 1.807) is 6.08 Å². The number of ether oxygens (including phenoxy) is 6. The Kier molecular flexibility index (Phi) is 60.6. The lowest BCUT2D eigenvalue weighted by molar-refractivity contribution is -0.379. The monoisotopic (exact) mass is 1500 g/mol. The van der Waals surface area contributed by atoms with E-state index in [9.17, 15) is 61.0 Å². The first-order valence-corrected chi connectivity index (χ1v) is 42.5. The zero-order valence-electron chi connectivity index (χ0n) is 65.9. The fraction of sp³-hybridized carbons (Fsp3) is 0.805. The van der Waals surface area contributed by atoms with Crippen LogP contribution in [0.5, 0.6) is 0 Å². The van der Waals surface area contributed by atoms with Gasteiger partial charge in [-0.15, -0.1) is 0 Å². The van der Waals surface area contributed by atoms with Crippen LogP contribution in [0.25, 0.3) is 0 Å². The number of hydrogen-bond acceptors (Lipinski definition) is 18. The lowest BCUT2D eigenvalue weighted by atomic mass is 9.96. The lowest BCUT2D eigenvalue weighted by Crippen LogP contribution is -2.66. The molecule has 0 aliphatic carbocycles. The molecular formula is C87H153NO18. The van der Waals surface area contributed by atoms with Crippen molar-refractivity contribution in [2.45, 2.75) is 420 Å². The van der Waals surface area contributed by atoms with Crippen LogP contribution in [0.2, 0.25) is 0 Å². The van der Waals surface area contributed by atoms with Crippen molar-refractivity contribution in [1.82, 2.24) is 5.32 Å². The van der Waals surface area contributed by atoms with Crippen LogP contribution in [0.1, 0.15) is 316 Å². The molecule has 3 aliphatic rings. The highest BCUT2D eigenvalue weighted by molar-refractivity contribution is 5.76. The second-order valence-corrected chi connectivity index (χ2v) is 29.9. The topological polar surface area (TPSA) is 307 Å². The summed E-state index contributed by atoms with van der Waals surface area (Å²) in [6, 6.07) is -1.00. The summed E-state index contributed by atoms with van der Waals surface area (Å²) < 4.78 is 34.5. The summed E-state index contributed by atoms with van der Waals surface area (Å²) in [7, 11) is 0. The average Bonchev–Trinajstić information content (AvgIpc) is 0.780. The molecule has 0 spiro atoms. The molecule has 3 rings (SSSR count). The van der Waals surface area contributed by atoms with Crippen LogP contribution >= 0.6 is 0 Å². The van der Waals surface area contributed by atoms with Crippen molar-refractivity contribution in [2.24, 2.45) is 0 Å². The van der Waals surface area contributed by atoms with Gasteiger partial charge < -0.3 is 89.9 Å². The first kappa shape index (κ1) is 96.9. The third-order valence-electron chi connectivity index (χ3n) is 20.6. The van der Waals surface area contributed by atoms with Gasteiger partial charge in [-0.25, -0.2) is 0 Å². The minimum absolute atomic E-state index is 0.231. The number of aliphatic hydroxyl groups excluding tert-OH is 11. The normalized spacial score (nSPS) is 26.1. The summed E-state index contributed by atoms with van der Waals surface area (Å²) in [5.74, 6) is -0.287. The maximum atomic E-state index is 13.5. The Bertz CT molecular complexity index is 2290. The van der Waals surface area contributed by atoms with Crippen molar-refractivity contribution in [3.05, 3.63) is 97.2 Å². The second kappa shape index (κ2) is 66.3. The van der Waals surface area contributed by atoms with Gasteiger partial charge in [-0.05, 0) is 89.9 Å². The number of rotatable bonds is 67. The van der Waals surface area contributed by atoms with Crippen LogP contribution in [-0.4, -0.2) is 193 Å². The number of nitrogens with one attached hydrogen (secondary N) is 1. The quantitative estimate of drug-likeness (QED) is 0.0199. The molecule has 0 aromatic carbocycles. The Hall–Kier alpha value is -3.29. The molecule has 1 amide bonds. The van der Waals surface area contributed by atoms with Gasteiger partial charge in [-0.2, -0.15) is 0 Å². The van der Waals surface area contributed by atoms with E-state index < -0.39 is 124 Å². The summed E-state index contributed by atoms with van der Waals surface area (Å²) in [4.78, 5) is 13.5. The van der Waals surface area contributed by atoms with E-state index in [0.717, 1.165) is 77.0 Å².